The number of nitrogens with one attached hydrogen (secondary N) is 4. The van der Waals surface area contributed by atoms with Gasteiger partial charge in [-0.1, -0.05) is 55.3 Å². The minimum Gasteiger partial charge on any atom is -0.444 e. The molecule has 1 saturated carbocycles. The number of ether oxygens (including phenoxy) is 1. The maximum Gasteiger partial charge on any atom is 0.407 e. The van der Waals surface area contributed by atoms with Gasteiger partial charge in [-0.3, -0.25) is 19.1 Å². The Morgan fingerprint density at radius 2 is 1.73 bits per heavy atom. The molecule has 0 saturated heterocycles. The Bertz CT molecular complexity index is 1510. The third kappa shape index (κ3) is 11.0. The summed E-state index contributed by atoms with van der Waals surface area (Å²) in [4.78, 5) is 56.9. The molecule has 1 aliphatic heterocycles. The van der Waals surface area contributed by atoms with Crippen LogP contribution in [0, 0.1) is 23.6 Å². The lowest BCUT2D eigenvalue weighted by molar-refractivity contribution is -0.147. The second-order valence-corrected chi connectivity index (χ2v) is 13.6. The summed E-state index contributed by atoms with van der Waals surface area (Å²) >= 11 is 0.936. The summed E-state index contributed by atoms with van der Waals surface area (Å²) in [6, 6.07) is 12.7. The molecule has 2 aromatic carbocycles. The van der Waals surface area contributed by atoms with Crippen molar-refractivity contribution in [2.24, 2.45) is 22.7 Å². The molecule has 3 atom stereocenters. The van der Waals surface area contributed by atoms with Crippen LogP contribution in [0.1, 0.15) is 64.0 Å². The van der Waals surface area contributed by atoms with Gasteiger partial charge in [0.15, 0.2) is 0 Å². The van der Waals surface area contributed by atoms with E-state index in [0.717, 1.165) is 30.9 Å². The largest absolute Gasteiger partial charge is 0.444 e. The lowest BCUT2D eigenvalue weighted by Crippen LogP contribution is -2.48. The molecule has 1 aliphatic carbocycles. The zero-order valence-corrected chi connectivity index (χ0v) is 27.6. The number of carbonyl (C=O) groups is 4. The zero-order valence-electron chi connectivity index (χ0n) is 26.8. The highest BCUT2D eigenvalue weighted by Crippen LogP contribution is 2.40. The molecule has 48 heavy (non-hydrogen) atoms. The molecule has 0 aromatic heterocycles. The second-order valence-electron chi connectivity index (χ2n) is 12.7. The maximum absolute atomic E-state index is 14.9. The molecule has 0 radical (unpaired) electrons. The lowest BCUT2D eigenvalue weighted by Gasteiger charge is -2.27. The summed E-state index contributed by atoms with van der Waals surface area (Å²) in [7, 11) is 0. The van der Waals surface area contributed by atoms with E-state index in [2.05, 4.69) is 25.7 Å². The maximum atomic E-state index is 14.9. The van der Waals surface area contributed by atoms with Crippen LogP contribution in [0.4, 0.5) is 28.0 Å². The van der Waals surface area contributed by atoms with Crippen molar-refractivity contribution in [3.8, 4) is 0 Å². The molecule has 10 nitrogen and oxygen atoms in total. The normalized spacial score (nSPS) is 17.5. The number of nitrogens with zero attached hydrogens (tertiary/aromatic N) is 1. The first kappa shape index (κ1) is 36.7. The topological polar surface area (TPSA) is 138 Å². The number of fused-ring (bicyclic) bond motifs is 1. The standard InChI is InChI=1S/C33H39F4N5O5S/c1-32(2,3)47-31(46)38-16-17-48-42-29(44)23(18-19-12-13-19)21(14-15-33(35,36)37)28(43)41-27-30(45)40-26-22(10-7-11-24(26)34)25(39-27)20-8-5-4-6-9-20/h4-11,19,21,23,27H,12-18H2,1-3H3,(H,38,46)(H,40,45)(H,41,43)(H,42,44). The number of amides is 4. The van der Waals surface area contributed by atoms with E-state index in [1.165, 1.54) is 6.07 Å². The SMILES string of the molecule is CC(C)(C)OC(=O)NCCSNC(=O)C(CC1CC1)C(CCC(F)(F)F)C(=O)NC1N=C(c2ccccc2)c2cccc(F)c2NC1=O. The highest BCUT2D eigenvalue weighted by atomic mass is 32.2. The summed E-state index contributed by atoms with van der Waals surface area (Å²) < 4.78 is 63.1. The van der Waals surface area contributed by atoms with E-state index in [1.807, 2.05) is 0 Å². The number of hydrogen-bond acceptors (Lipinski definition) is 7. The van der Waals surface area contributed by atoms with Crippen molar-refractivity contribution in [3.05, 3.63) is 65.5 Å². The number of benzodiazepines with no additional fused rings is 1. The molecule has 15 heteroatoms. The van der Waals surface area contributed by atoms with Gasteiger partial charge in [-0.05, 0) is 57.5 Å². The number of benzene rings is 2. The van der Waals surface area contributed by atoms with E-state index < -0.39 is 72.3 Å². The molecule has 3 unspecified atom stereocenters. The van der Waals surface area contributed by atoms with E-state index in [9.17, 15) is 36.7 Å². The van der Waals surface area contributed by atoms with Crippen LogP contribution >= 0.6 is 11.9 Å². The fraction of sp³-hybridized carbons (Fsp3) is 0.485. The first-order valence-electron chi connectivity index (χ1n) is 15.6. The van der Waals surface area contributed by atoms with Crippen LogP contribution in [-0.2, 0) is 19.1 Å². The van der Waals surface area contributed by atoms with Gasteiger partial charge in [0.05, 0.1) is 17.3 Å². The van der Waals surface area contributed by atoms with E-state index in [-0.39, 0.29) is 41.6 Å². The molecule has 0 bridgehead atoms. The summed E-state index contributed by atoms with van der Waals surface area (Å²) in [6.45, 7) is 5.26. The van der Waals surface area contributed by atoms with Crippen molar-refractivity contribution in [1.82, 2.24) is 15.4 Å². The van der Waals surface area contributed by atoms with Crippen LogP contribution in [0.15, 0.2) is 53.5 Å². The zero-order chi connectivity index (χ0) is 35.1. The first-order valence-corrected chi connectivity index (χ1v) is 16.6. The van der Waals surface area contributed by atoms with Crippen molar-refractivity contribution in [3.63, 3.8) is 0 Å². The summed E-state index contributed by atoms with van der Waals surface area (Å²) in [5.41, 5.74) is 0.102. The second kappa shape index (κ2) is 15.8. The molecule has 2 aliphatic rings. The number of anilines is 1. The number of hydrogen-bond donors (Lipinski definition) is 4. The Morgan fingerprint density at radius 1 is 1.02 bits per heavy atom. The Labute approximate surface area is 280 Å². The van der Waals surface area contributed by atoms with Gasteiger partial charge in [-0.25, -0.2) is 14.2 Å². The summed E-state index contributed by atoms with van der Waals surface area (Å²) in [6.07, 6.45) is -7.22. The number of alkyl carbamates (subject to hydrolysis) is 1. The van der Waals surface area contributed by atoms with E-state index in [0.29, 0.717) is 5.56 Å². The van der Waals surface area contributed by atoms with Crippen molar-refractivity contribution < 1.29 is 41.5 Å². The number of aliphatic imine (C=N–C) groups is 1. The number of halogens is 4. The summed E-state index contributed by atoms with van der Waals surface area (Å²) in [5, 5.41) is 7.46. The minimum atomic E-state index is -4.61. The van der Waals surface area contributed by atoms with E-state index in [4.69, 9.17) is 4.74 Å². The van der Waals surface area contributed by atoms with Crippen LogP contribution in [0.25, 0.3) is 0 Å². The van der Waals surface area contributed by atoms with Crippen LogP contribution in [0.2, 0.25) is 0 Å². The Hall–Kier alpha value is -4.14. The smallest absolute Gasteiger partial charge is 0.407 e. The number of alkyl halides is 3. The number of rotatable bonds is 13. The Balaban J connectivity index is 1.54. The molecule has 4 amide bonds. The molecule has 260 valence electrons. The first-order chi connectivity index (χ1) is 22.6. The predicted molar refractivity (Wildman–Crippen MR) is 173 cm³/mol. The molecule has 0 spiro atoms. The fourth-order valence-electron chi connectivity index (χ4n) is 5.18. The molecule has 1 heterocycles. The van der Waals surface area contributed by atoms with Crippen molar-refractivity contribution in [1.29, 1.82) is 0 Å². The molecular weight excluding hydrogens is 654 g/mol. The van der Waals surface area contributed by atoms with Crippen LogP contribution < -0.4 is 20.7 Å². The van der Waals surface area contributed by atoms with Gasteiger partial charge in [-0.2, -0.15) is 13.2 Å². The van der Waals surface area contributed by atoms with Crippen molar-refractivity contribution >= 4 is 47.2 Å². The monoisotopic (exact) mass is 693 g/mol. The minimum absolute atomic E-state index is 0.0575. The fourth-order valence-corrected chi connectivity index (χ4v) is 5.78. The van der Waals surface area contributed by atoms with Gasteiger partial charge in [0.25, 0.3) is 5.91 Å². The molecular formula is C33H39F4N5O5S. The van der Waals surface area contributed by atoms with E-state index >= 15 is 0 Å². The third-order valence-electron chi connectivity index (χ3n) is 7.58. The average Bonchev–Trinajstić information content (AvgIpc) is 3.83. The quantitative estimate of drug-likeness (QED) is 0.120. The third-order valence-corrected chi connectivity index (χ3v) is 8.33. The van der Waals surface area contributed by atoms with Gasteiger partial charge in [0, 0.05) is 35.8 Å². The molecule has 4 rings (SSSR count). The van der Waals surface area contributed by atoms with Gasteiger partial charge >= 0.3 is 12.3 Å². The highest BCUT2D eigenvalue weighted by Gasteiger charge is 2.42. The van der Waals surface area contributed by atoms with Gasteiger partial charge in [0.2, 0.25) is 18.0 Å². The highest BCUT2D eigenvalue weighted by molar-refractivity contribution is 7.97. The lowest BCUT2D eigenvalue weighted by atomic mass is 9.83. The van der Waals surface area contributed by atoms with Gasteiger partial charge in [-0.15, -0.1) is 0 Å². The van der Waals surface area contributed by atoms with Gasteiger partial charge in [0.1, 0.15) is 11.4 Å². The number of carbonyl (C=O) groups excluding carboxylic acids is 4. The average molecular weight is 694 g/mol. The predicted octanol–water partition coefficient (Wildman–Crippen LogP) is 5.72. The Morgan fingerprint density at radius 3 is 2.38 bits per heavy atom. The van der Waals surface area contributed by atoms with Crippen LogP contribution in [0.3, 0.4) is 0 Å². The molecule has 4 N–H and O–H groups in total. The van der Waals surface area contributed by atoms with Crippen LogP contribution in [-0.4, -0.2) is 59.8 Å². The summed E-state index contributed by atoms with van der Waals surface area (Å²) in [5.74, 6) is -5.56. The molecule has 1 fully saturated rings. The van der Waals surface area contributed by atoms with Crippen LogP contribution in [0.5, 0.6) is 0 Å². The van der Waals surface area contributed by atoms with Crippen molar-refractivity contribution in [2.45, 2.75) is 70.8 Å². The Kier molecular flexibility index (Phi) is 12.1. The number of para-hydroxylation sites is 1. The van der Waals surface area contributed by atoms with Gasteiger partial charge < -0.3 is 20.7 Å². The van der Waals surface area contributed by atoms with E-state index in [1.54, 1.807) is 57.2 Å². The van der Waals surface area contributed by atoms with Crippen molar-refractivity contribution in [2.75, 3.05) is 17.6 Å². The molecule has 2 aromatic rings.